The molecule has 0 atom stereocenters. The van der Waals surface area contributed by atoms with E-state index in [2.05, 4.69) is 126 Å². The molecule has 0 aliphatic rings. The van der Waals surface area contributed by atoms with Crippen LogP contribution in [-0.2, 0) is 0 Å². The predicted octanol–water partition coefficient (Wildman–Crippen LogP) is 13.2. The molecule has 0 saturated heterocycles. The summed E-state index contributed by atoms with van der Waals surface area (Å²) in [5.74, 6) is 1.81. The zero-order chi connectivity index (χ0) is 37.0. The predicted molar refractivity (Wildman–Crippen MR) is 229 cm³/mol. The molecule has 0 aliphatic heterocycles. The summed E-state index contributed by atoms with van der Waals surface area (Å²) in [5, 5.41) is 4.51. The van der Waals surface area contributed by atoms with Gasteiger partial charge in [0.15, 0.2) is 17.5 Å². The SMILES string of the molecule is c1ccc(-c2ccc3c4ccc(-c5cc(-c6nc(-c7ccccc7)nc(-c7ccccc7)n6)cc6oc7ccccc7c56)cc4n(-c4ccccc4)c3c2)cc1. The van der Waals surface area contributed by atoms with Crippen molar-refractivity contribution in [1.29, 1.82) is 0 Å². The lowest BCUT2D eigenvalue weighted by Crippen LogP contribution is -2.00. The highest BCUT2D eigenvalue weighted by Gasteiger charge is 2.20. The third-order valence-corrected chi connectivity index (χ3v) is 10.6. The molecule has 56 heavy (non-hydrogen) atoms. The maximum Gasteiger partial charge on any atom is 0.164 e. The first-order valence-corrected chi connectivity index (χ1v) is 18.8. The number of hydrogen-bond donors (Lipinski definition) is 0. The third kappa shape index (κ3) is 5.37. The smallest absolute Gasteiger partial charge is 0.164 e. The molecular weight excluding hydrogens is 685 g/mol. The van der Waals surface area contributed by atoms with Gasteiger partial charge in [-0.1, -0.05) is 152 Å². The van der Waals surface area contributed by atoms with Gasteiger partial charge in [-0.2, -0.15) is 0 Å². The maximum absolute atomic E-state index is 6.61. The van der Waals surface area contributed by atoms with Crippen LogP contribution in [0.5, 0.6) is 0 Å². The number of furan rings is 1. The molecule has 0 radical (unpaired) electrons. The standard InChI is InChI=1S/C51H32N4O/c1-5-15-33(16-6-1)36-25-27-40-41-28-26-37(31-45(41)55(44(40)30-36)39-21-11-4-12-22-39)43-29-38(32-47-48(43)42-23-13-14-24-46(42)56-47)51-53-49(34-17-7-2-8-18-34)52-50(54-51)35-19-9-3-10-20-35/h1-32H. The zero-order valence-electron chi connectivity index (χ0n) is 30.2. The summed E-state index contributed by atoms with van der Waals surface area (Å²) in [7, 11) is 0. The minimum atomic E-state index is 0.578. The van der Waals surface area contributed by atoms with E-state index in [1.165, 1.54) is 21.9 Å². The molecule has 3 heterocycles. The molecule has 0 unspecified atom stereocenters. The molecule has 0 fully saturated rings. The summed E-state index contributed by atoms with van der Waals surface area (Å²) < 4.78 is 9.00. The van der Waals surface area contributed by atoms with Gasteiger partial charge < -0.3 is 8.98 Å². The number of nitrogens with zero attached hydrogens (tertiary/aromatic N) is 4. The van der Waals surface area contributed by atoms with E-state index < -0.39 is 0 Å². The van der Waals surface area contributed by atoms with Gasteiger partial charge in [0.05, 0.1) is 11.0 Å². The second kappa shape index (κ2) is 13.0. The topological polar surface area (TPSA) is 56.7 Å². The molecule has 0 aliphatic carbocycles. The first-order chi connectivity index (χ1) is 27.7. The highest BCUT2D eigenvalue weighted by Crippen LogP contribution is 2.42. The Balaban J connectivity index is 1.17. The minimum Gasteiger partial charge on any atom is -0.456 e. The lowest BCUT2D eigenvalue weighted by Gasteiger charge is -2.12. The summed E-state index contributed by atoms with van der Waals surface area (Å²) in [6.07, 6.45) is 0. The van der Waals surface area contributed by atoms with Crippen molar-refractivity contribution in [3.63, 3.8) is 0 Å². The Morgan fingerprint density at radius 2 is 0.839 bits per heavy atom. The van der Waals surface area contributed by atoms with Crippen molar-refractivity contribution < 1.29 is 4.42 Å². The van der Waals surface area contributed by atoms with Crippen LogP contribution in [0, 0.1) is 0 Å². The lowest BCUT2D eigenvalue weighted by molar-refractivity contribution is 0.669. The van der Waals surface area contributed by atoms with Crippen LogP contribution in [0.15, 0.2) is 199 Å². The monoisotopic (exact) mass is 716 g/mol. The van der Waals surface area contributed by atoms with Crippen molar-refractivity contribution in [3.8, 4) is 62.1 Å². The molecule has 0 saturated carbocycles. The van der Waals surface area contributed by atoms with Gasteiger partial charge in [-0.3, -0.25) is 0 Å². The molecule has 0 bridgehead atoms. The Hall–Kier alpha value is -7.63. The molecule has 262 valence electrons. The average Bonchev–Trinajstić information content (AvgIpc) is 3.82. The van der Waals surface area contributed by atoms with Crippen LogP contribution < -0.4 is 0 Å². The number of rotatable bonds is 6. The highest BCUT2D eigenvalue weighted by molar-refractivity contribution is 6.16. The van der Waals surface area contributed by atoms with Crippen molar-refractivity contribution in [2.45, 2.75) is 0 Å². The van der Waals surface area contributed by atoms with Crippen LogP contribution in [0.3, 0.4) is 0 Å². The summed E-state index contributed by atoms with van der Waals surface area (Å²) in [4.78, 5) is 15.1. The normalized spacial score (nSPS) is 11.6. The van der Waals surface area contributed by atoms with Crippen LogP contribution in [-0.4, -0.2) is 19.5 Å². The van der Waals surface area contributed by atoms with Crippen LogP contribution in [0.2, 0.25) is 0 Å². The third-order valence-electron chi connectivity index (χ3n) is 10.6. The molecule has 11 aromatic rings. The average molecular weight is 717 g/mol. The number of hydrogen-bond acceptors (Lipinski definition) is 4. The Bertz CT molecular complexity index is 3170. The van der Waals surface area contributed by atoms with E-state index in [0.29, 0.717) is 17.5 Å². The lowest BCUT2D eigenvalue weighted by atomic mass is 9.95. The van der Waals surface area contributed by atoms with E-state index in [4.69, 9.17) is 19.4 Å². The van der Waals surface area contributed by atoms with Crippen molar-refractivity contribution in [1.82, 2.24) is 19.5 Å². The van der Waals surface area contributed by atoms with E-state index in [-0.39, 0.29) is 0 Å². The number of benzene rings is 8. The fourth-order valence-electron chi connectivity index (χ4n) is 8.00. The Morgan fingerprint density at radius 1 is 0.339 bits per heavy atom. The summed E-state index contributed by atoms with van der Waals surface area (Å²) in [6, 6.07) is 67.5. The molecule has 0 amide bonds. The molecule has 5 nitrogen and oxygen atoms in total. The largest absolute Gasteiger partial charge is 0.456 e. The zero-order valence-corrected chi connectivity index (χ0v) is 30.2. The van der Waals surface area contributed by atoms with Gasteiger partial charge in [-0.25, -0.2) is 15.0 Å². The maximum atomic E-state index is 6.61. The van der Waals surface area contributed by atoms with Crippen LogP contribution in [0.4, 0.5) is 0 Å². The fourth-order valence-corrected chi connectivity index (χ4v) is 8.00. The van der Waals surface area contributed by atoms with Gasteiger partial charge in [0.1, 0.15) is 11.2 Å². The van der Waals surface area contributed by atoms with Gasteiger partial charge in [0.25, 0.3) is 0 Å². The van der Waals surface area contributed by atoms with Gasteiger partial charge in [-0.05, 0) is 64.7 Å². The highest BCUT2D eigenvalue weighted by atomic mass is 16.3. The fraction of sp³-hybridized carbons (Fsp3) is 0. The van der Waals surface area contributed by atoms with Gasteiger partial charge in [0.2, 0.25) is 0 Å². The van der Waals surface area contributed by atoms with Gasteiger partial charge in [0, 0.05) is 43.9 Å². The van der Waals surface area contributed by atoms with Crippen LogP contribution in [0.25, 0.3) is 106 Å². The molecule has 8 aromatic carbocycles. The van der Waals surface area contributed by atoms with E-state index in [1.54, 1.807) is 0 Å². The second-order valence-electron chi connectivity index (χ2n) is 14.0. The molecule has 11 rings (SSSR count). The minimum absolute atomic E-state index is 0.578. The Morgan fingerprint density at radius 3 is 1.46 bits per heavy atom. The second-order valence-corrected chi connectivity index (χ2v) is 14.0. The molecular formula is C51H32N4O. The molecule has 0 N–H and O–H groups in total. The van der Waals surface area contributed by atoms with Crippen molar-refractivity contribution in [2.75, 3.05) is 0 Å². The number of para-hydroxylation sites is 2. The van der Waals surface area contributed by atoms with Gasteiger partial charge >= 0.3 is 0 Å². The van der Waals surface area contributed by atoms with Crippen molar-refractivity contribution in [2.24, 2.45) is 0 Å². The van der Waals surface area contributed by atoms with Crippen molar-refractivity contribution in [3.05, 3.63) is 194 Å². The van der Waals surface area contributed by atoms with E-state index in [0.717, 1.165) is 66.5 Å². The first-order valence-electron chi connectivity index (χ1n) is 18.8. The van der Waals surface area contributed by atoms with E-state index in [1.807, 2.05) is 72.8 Å². The van der Waals surface area contributed by atoms with E-state index >= 15 is 0 Å². The van der Waals surface area contributed by atoms with Crippen molar-refractivity contribution >= 4 is 43.7 Å². The van der Waals surface area contributed by atoms with Crippen LogP contribution in [0.1, 0.15) is 0 Å². The summed E-state index contributed by atoms with van der Waals surface area (Å²) >= 11 is 0. The van der Waals surface area contributed by atoms with Crippen LogP contribution >= 0.6 is 0 Å². The first kappa shape index (κ1) is 31.9. The Kier molecular flexibility index (Phi) is 7.42. The molecule has 5 heteroatoms. The molecule has 3 aromatic heterocycles. The van der Waals surface area contributed by atoms with Gasteiger partial charge in [-0.15, -0.1) is 0 Å². The quantitative estimate of drug-likeness (QED) is 0.172. The number of aromatic nitrogens is 4. The number of fused-ring (bicyclic) bond motifs is 6. The summed E-state index contributed by atoms with van der Waals surface area (Å²) in [6.45, 7) is 0. The Labute approximate surface area is 322 Å². The summed E-state index contributed by atoms with van der Waals surface area (Å²) in [5.41, 5.74) is 12.2. The van der Waals surface area contributed by atoms with E-state index in [9.17, 15) is 0 Å². The molecule has 0 spiro atoms.